The standard InChI is InChI=1S/C30H20ClN3O4S/c1-37-23-9-5-6-21(16-23)33-28(35)25(18-32)30-34(22-7-3-2-4-8-22)29(36)27(39-30)17-24-14-15-26(38-24)19-10-12-20(31)13-11-19/h2-17H,1H3,(H,33,35). The molecule has 0 atom stereocenters. The van der Waals surface area contributed by atoms with E-state index in [0.29, 0.717) is 38.2 Å². The first-order valence-electron chi connectivity index (χ1n) is 11.7. The molecule has 192 valence electrons. The number of carbonyl (C=O) groups is 1. The number of benzene rings is 3. The topological polar surface area (TPSA) is 97.3 Å². The van der Waals surface area contributed by atoms with Crippen LogP contribution in [0.1, 0.15) is 5.76 Å². The second-order valence-corrected chi connectivity index (χ2v) is 9.74. The molecule has 0 radical (unpaired) electrons. The average molecular weight is 554 g/mol. The van der Waals surface area contributed by atoms with Gasteiger partial charge in [0.25, 0.3) is 11.5 Å². The van der Waals surface area contributed by atoms with Crippen molar-refractivity contribution in [3.05, 3.63) is 121 Å². The van der Waals surface area contributed by atoms with E-state index in [1.54, 1.807) is 78.9 Å². The number of aromatic nitrogens is 1. The predicted octanol–water partition coefficient (Wildman–Crippen LogP) is 4.96. The van der Waals surface area contributed by atoms with Gasteiger partial charge in [0, 0.05) is 28.4 Å². The number of hydrogen-bond acceptors (Lipinski definition) is 6. The van der Waals surface area contributed by atoms with Gasteiger partial charge in [-0.3, -0.25) is 14.2 Å². The molecule has 2 aromatic heterocycles. The highest BCUT2D eigenvalue weighted by atomic mass is 35.5. The highest BCUT2D eigenvalue weighted by Gasteiger charge is 2.18. The van der Waals surface area contributed by atoms with E-state index in [-0.39, 0.29) is 15.8 Å². The van der Waals surface area contributed by atoms with E-state index < -0.39 is 5.91 Å². The van der Waals surface area contributed by atoms with Gasteiger partial charge in [-0.05, 0) is 60.7 Å². The first-order valence-corrected chi connectivity index (χ1v) is 12.9. The van der Waals surface area contributed by atoms with E-state index >= 15 is 0 Å². The van der Waals surface area contributed by atoms with Gasteiger partial charge in [0.1, 0.15) is 28.0 Å². The van der Waals surface area contributed by atoms with Crippen LogP contribution in [-0.2, 0) is 4.79 Å². The summed E-state index contributed by atoms with van der Waals surface area (Å²) >= 11 is 7.02. The molecule has 0 saturated carbocycles. The SMILES string of the molecule is COc1cccc(NC(=O)C(C#N)=c2sc(=Cc3ccc(-c4ccc(Cl)cc4)o3)c(=O)n2-c2ccccc2)c1. The molecule has 2 heterocycles. The lowest BCUT2D eigenvalue weighted by atomic mass is 10.2. The Bertz CT molecular complexity index is 1880. The van der Waals surface area contributed by atoms with Crippen molar-refractivity contribution in [2.45, 2.75) is 0 Å². The number of hydrogen-bond donors (Lipinski definition) is 1. The van der Waals surface area contributed by atoms with Crippen molar-refractivity contribution in [1.82, 2.24) is 4.57 Å². The first kappa shape index (κ1) is 25.8. The Labute approximate surface area is 232 Å². The number of methoxy groups -OCH3 is 1. The van der Waals surface area contributed by atoms with Crippen LogP contribution in [0.4, 0.5) is 5.69 Å². The van der Waals surface area contributed by atoms with Crippen molar-refractivity contribution in [2.24, 2.45) is 0 Å². The van der Waals surface area contributed by atoms with Crippen molar-refractivity contribution in [3.8, 4) is 28.8 Å². The zero-order valence-corrected chi connectivity index (χ0v) is 22.1. The smallest absolute Gasteiger partial charge is 0.273 e. The fourth-order valence-corrected chi connectivity index (χ4v) is 5.09. The lowest BCUT2D eigenvalue weighted by Gasteiger charge is -2.07. The summed E-state index contributed by atoms with van der Waals surface area (Å²) in [4.78, 5) is 26.8. The Morgan fingerprint density at radius 3 is 2.54 bits per heavy atom. The van der Waals surface area contributed by atoms with Crippen molar-refractivity contribution in [3.63, 3.8) is 0 Å². The van der Waals surface area contributed by atoms with Crippen LogP contribution in [0.25, 0.3) is 28.7 Å². The molecule has 9 heteroatoms. The van der Waals surface area contributed by atoms with E-state index in [1.165, 1.54) is 11.7 Å². The molecule has 0 bridgehead atoms. The molecule has 0 aliphatic heterocycles. The number of para-hydroxylation sites is 1. The van der Waals surface area contributed by atoms with Gasteiger partial charge in [-0.25, -0.2) is 0 Å². The minimum absolute atomic E-state index is 0.199. The molecule has 1 amide bonds. The molecule has 0 aliphatic carbocycles. The highest BCUT2D eigenvalue weighted by Crippen LogP contribution is 2.24. The van der Waals surface area contributed by atoms with Gasteiger partial charge in [-0.1, -0.05) is 35.9 Å². The van der Waals surface area contributed by atoms with Crippen molar-refractivity contribution >= 4 is 46.2 Å². The van der Waals surface area contributed by atoms with Crippen LogP contribution in [0.3, 0.4) is 0 Å². The van der Waals surface area contributed by atoms with E-state index in [9.17, 15) is 14.9 Å². The molecule has 1 N–H and O–H groups in total. The first-order chi connectivity index (χ1) is 19.0. The zero-order valence-electron chi connectivity index (χ0n) is 20.6. The second kappa shape index (κ2) is 11.3. The van der Waals surface area contributed by atoms with Crippen LogP contribution in [0.2, 0.25) is 5.02 Å². The molecule has 3 aromatic carbocycles. The highest BCUT2D eigenvalue weighted by molar-refractivity contribution is 7.07. The normalized spacial score (nSPS) is 12.1. The molecular weight excluding hydrogens is 534 g/mol. The van der Waals surface area contributed by atoms with Crippen molar-refractivity contribution in [1.29, 1.82) is 5.26 Å². The molecule has 5 rings (SSSR count). The number of nitrogens with one attached hydrogen (secondary N) is 1. The van der Waals surface area contributed by atoms with Crippen molar-refractivity contribution < 1.29 is 13.9 Å². The van der Waals surface area contributed by atoms with E-state index in [0.717, 1.165) is 16.9 Å². The van der Waals surface area contributed by atoms with Crippen molar-refractivity contribution in [2.75, 3.05) is 12.4 Å². The summed E-state index contributed by atoms with van der Waals surface area (Å²) in [5, 5.41) is 13.4. The summed E-state index contributed by atoms with van der Waals surface area (Å²) in [5.74, 6) is 0.965. The Balaban J connectivity index is 1.64. The van der Waals surface area contributed by atoms with Gasteiger partial charge >= 0.3 is 0 Å². The summed E-state index contributed by atoms with van der Waals surface area (Å²) < 4.78 is 13.0. The number of thiazole rings is 1. The molecule has 0 unspecified atom stereocenters. The molecule has 0 spiro atoms. The Kier molecular flexibility index (Phi) is 7.46. The molecule has 5 aromatic rings. The number of nitriles is 1. The Morgan fingerprint density at radius 2 is 1.82 bits per heavy atom. The molecule has 0 aliphatic rings. The Morgan fingerprint density at radius 1 is 1.05 bits per heavy atom. The zero-order chi connectivity index (χ0) is 27.4. The largest absolute Gasteiger partial charge is 0.497 e. The quantitative estimate of drug-likeness (QED) is 0.320. The number of nitrogens with zero attached hydrogens (tertiary/aromatic N) is 2. The van der Waals surface area contributed by atoms with Crippen LogP contribution in [0, 0.1) is 11.3 Å². The number of ether oxygens (including phenoxy) is 1. The number of furan rings is 1. The van der Waals surface area contributed by atoms with Gasteiger partial charge in [-0.15, -0.1) is 11.3 Å². The summed E-state index contributed by atoms with van der Waals surface area (Å²) in [5.41, 5.74) is 1.23. The van der Waals surface area contributed by atoms with Gasteiger partial charge in [0.2, 0.25) is 0 Å². The summed E-state index contributed by atoms with van der Waals surface area (Å²) in [6.45, 7) is 0. The fourth-order valence-electron chi connectivity index (χ4n) is 3.88. The predicted molar refractivity (Wildman–Crippen MR) is 153 cm³/mol. The third kappa shape index (κ3) is 5.55. The van der Waals surface area contributed by atoms with Crippen LogP contribution in [-0.4, -0.2) is 17.6 Å². The lowest BCUT2D eigenvalue weighted by Crippen LogP contribution is -2.32. The van der Waals surface area contributed by atoms with Gasteiger partial charge < -0.3 is 14.5 Å². The Hall–Kier alpha value is -4.84. The summed E-state index contributed by atoms with van der Waals surface area (Å²) in [6, 6.07) is 28.4. The van der Waals surface area contributed by atoms with E-state index in [1.807, 2.05) is 24.3 Å². The maximum Gasteiger partial charge on any atom is 0.273 e. The van der Waals surface area contributed by atoms with Crippen LogP contribution in [0.5, 0.6) is 5.75 Å². The van der Waals surface area contributed by atoms with Crippen LogP contribution >= 0.6 is 22.9 Å². The minimum Gasteiger partial charge on any atom is -0.497 e. The molecule has 0 saturated heterocycles. The summed E-state index contributed by atoms with van der Waals surface area (Å²) in [7, 11) is 1.52. The molecule has 39 heavy (non-hydrogen) atoms. The van der Waals surface area contributed by atoms with Gasteiger partial charge in [-0.2, -0.15) is 5.26 Å². The second-order valence-electron chi connectivity index (χ2n) is 8.27. The molecule has 7 nitrogen and oxygen atoms in total. The van der Waals surface area contributed by atoms with Crippen LogP contribution < -0.4 is 24.8 Å². The third-order valence-corrected chi connectivity index (χ3v) is 7.09. The minimum atomic E-state index is -0.647. The maximum atomic E-state index is 13.6. The van der Waals surface area contributed by atoms with E-state index in [2.05, 4.69) is 5.32 Å². The maximum absolute atomic E-state index is 13.6. The third-order valence-electron chi connectivity index (χ3n) is 5.75. The monoisotopic (exact) mass is 553 g/mol. The van der Waals surface area contributed by atoms with E-state index in [4.69, 9.17) is 20.8 Å². The molecule has 0 fully saturated rings. The molecular formula is C30H20ClN3O4S. The van der Waals surface area contributed by atoms with Gasteiger partial charge in [0.15, 0.2) is 5.57 Å². The number of halogens is 1. The van der Waals surface area contributed by atoms with Gasteiger partial charge in [0.05, 0.1) is 17.3 Å². The average Bonchev–Trinajstić information content (AvgIpc) is 3.54. The summed E-state index contributed by atoms with van der Waals surface area (Å²) in [6.07, 6.45) is 1.60. The number of amides is 1. The fraction of sp³-hybridized carbons (Fsp3) is 0.0333. The number of anilines is 1. The lowest BCUT2D eigenvalue weighted by molar-refractivity contribution is -0.111. The number of carbonyl (C=O) groups excluding carboxylic acids is 1. The van der Waals surface area contributed by atoms with Crippen LogP contribution in [0.15, 0.2) is 100 Å². The number of rotatable bonds is 6.